The Morgan fingerprint density at radius 2 is 2.15 bits per heavy atom. The minimum Gasteiger partial charge on any atom is -0.384 e. The summed E-state index contributed by atoms with van der Waals surface area (Å²) >= 11 is 0. The first-order chi connectivity index (χ1) is 6.02. The number of hydrogen-bond acceptors (Lipinski definition) is 4. The first-order valence-electron chi connectivity index (χ1n) is 3.87. The second-order valence-corrected chi connectivity index (χ2v) is 2.96. The lowest BCUT2D eigenvalue weighted by Crippen LogP contribution is -2.20. The van der Waals surface area contributed by atoms with Crippen molar-refractivity contribution in [1.29, 1.82) is 5.41 Å². The quantitative estimate of drug-likeness (QED) is 0.500. The monoisotopic (exact) mass is 179 g/mol. The van der Waals surface area contributed by atoms with Gasteiger partial charge in [-0.2, -0.15) is 0 Å². The second kappa shape index (κ2) is 3.38. The molecule has 1 rings (SSSR count). The molecule has 1 heterocycles. The second-order valence-electron chi connectivity index (χ2n) is 2.96. The molecule has 70 valence electrons. The van der Waals surface area contributed by atoms with Crippen molar-refractivity contribution in [3.63, 3.8) is 0 Å². The minimum absolute atomic E-state index is 0.0105. The van der Waals surface area contributed by atoms with Gasteiger partial charge >= 0.3 is 0 Å². The van der Waals surface area contributed by atoms with Gasteiger partial charge in [0.1, 0.15) is 17.5 Å². The van der Waals surface area contributed by atoms with E-state index in [0.29, 0.717) is 17.2 Å². The Balaban J connectivity index is 3.26. The van der Waals surface area contributed by atoms with Gasteiger partial charge in [0.05, 0.1) is 5.56 Å². The van der Waals surface area contributed by atoms with Crippen LogP contribution in [0.5, 0.6) is 0 Å². The molecule has 0 aliphatic rings. The molecule has 0 unspecified atom stereocenters. The number of nitrogens with one attached hydrogen (secondary N) is 1. The van der Waals surface area contributed by atoms with Gasteiger partial charge in [0.25, 0.3) is 0 Å². The molecular weight excluding hydrogens is 166 g/mol. The third kappa shape index (κ3) is 1.93. The van der Waals surface area contributed by atoms with Crippen molar-refractivity contribution in [3.8, 4) is 0 Å². The zero-order chi connectivity index (χ0) is 10.0. The summed E-state index contributed by atoms with van der Waals surface area (Å²) in [5, 5.41) is 7.31. The number of nitrogens with zero attached hydrogens (tertiary/aromatic N) is 3. The van der Waals surface area contributed by atoms with Crippen LogP contribution in [0.1, 0.15) is 11.4 Å². The van der Waals surface area contributed by atoms with E-state index in [1.54, 1.807) is 13.1 Å². The fourth-order valence-corrected chi connectivity index (χ4v) is 0.989. The van der Waals surface area contributed by atoms with E-state index < -0.39 is 0 Å². The van der Waals surface area contributed by atoms with E-state index in [4.69, 9.17) is 11.1 Å². The van der Waals surface area contributed by atoms with Crippen LogP contribution in [0, 0.1) is 12.3 Å². The Bertz CT molecular complexity index is 331. The van der Waals surface area contributed by atoms with Crippen molar-refractivity contribution in [2.75, 3.05) is 19.0 Å². The van der Waals surface area contributed by atoms with Gasteiger partial charge in [-0.3, -0.25) is 5.41 Å². The minimum atomic E-state index is -0.0105. The smallest absolute Gasteiger partial charge is 0.142 e. The van der Waals surface area contributed by atoms with Gasteiger partial charge in [-0.05, 0) is 6.92 Å². The van der Waals surface area contributed by atoms with Crippen LogP contribution in [0.15, 0.2) is 6.20 Å². The van der Waals surface area contributed by atoms with Crippen LogP contribution < -0.4 is 10.6 Å². The molecule has 0 radical (unpaired) electrons. The number of aromatic nitrogens is 2. The summed E-state index contributed by atoms with van der Waals surface area (Å²) in [5.74, 6) is 1.34. The van der Waals surface area contributed by atoms with Gasteiger partial charge < -0.3 is 10.6 Å². The van der Waals surface area contributed by atoms with E-state index in [2.05, 4.69) is 9.97 Å². The summed E-state index contributed by atoms with van der Waals surface area (Å²) in [6.45, 7) is 1.80. The summed E-state index contributed by atoms with van der Waals surface area (Å²) in [7, 11) is 3.71. The summed E-state index contributed by atoms with van der Waals surface area (Å²) < 4.78 is 0. The molecule has 5 heteroatoms. The van der Waals surface area contributed by atoms with Crippen LogP contribution in [-0.2, 0) is 0 Å². The fourth-order valence-electron chi connectivity index (χ4n) is 0.989. The number of amidine groups is 1. The van der Waals surface area contributed by atoms with E-state index in [9.17, 15) is 0 Å². The molecule has 1 aromatic heterocycles. The molecule has 0 spiro atoms. The van der Waals surface area contributed by atoms with Gasteiger partial charge in [0, 0.05) is 20.3 Å². The van der Waals surface area contributed by atoms with E-state index in [1.165, 1.54) is 0 Å². The molecule has 0 atom stereocenters. The largest absolute Gasteiger partial charge is 0.384 e. The summed E-state index contributed by atoms with van der Waals surface area (Å²) in [5.41, 5.74) is 5.94. The molecule has 1 aromatic rings. The lowest BCUT2D eigenvalue weighted by atomic mass is 10.2. The number of hydrogen-bond donors (Lipinski definition) is 2. The molecule has 13 heavy (non-hydrogen) atoms. The van der Waals surface area contributed by atoms with Crippen LogP contribution >= 0.6 is 0 Å². The van der Waals surface area contributed by atoms with Crippen LogP contribution in [0.2, 0.25) is 0 Å². The Hall–Kier alpha value is -1.65. The molecule has 0 bridgehead atoms. The van der Waals surface area contributed by atoms with Crippen LogP contribution in [0.4, 0.5) is 5.82 Å². The maximum Gasteiger partial charge on any atom is 0.142 e. The van der Waals surface area contributed by atoms with Gasteiger partial charge in [-0.15, -0.1) is 0 Å². The molecule has 0 amide bonds. The summed E-state index contributed by atoms with van der Waals surface area (Å²) in [6, 6.07) is 0. The average Bonchev–Trinajstić information content (AvgIpc) is 2.03. The standard InChI is InChI=1S/C8H13N5/c1-5-11-4-6(7(9)10)8(12-5)13(2)3/h4H,1-3H3,(H3,9,10). The number of nitrogen functional groups attached to an aromatic ring is 1. The third-order valence-corrected chi connectivity index (χ3v) is 1.60. The van der Waals surface area contributed by atoms with Gasteiger partial charge in [-0.25, -0.2) is 9.97 Å². The van der Waals surface area contributed by atoms with Crippen molar-refractivity contribution in [2.24, 2.45) is 5.73 Å². The maximum atomic E-state index is 7.31. The molecular formula is C8H13N5. The Kier molecular flexibility index (Phi) is 2.46. The molecule has 0 saturated heterocycles. The van der Waals surface area contributed by atoms with E-state index in [0.717, 1.165) is 0 Å². The number of aryl methyl sites for hydroxylation is 1. The molecule has 5 nitrogen and oxygen atoms in total. The van der Waals surface area contributed by atoms with E-state index in [-0.39, 0.29) is 5.84 Å². The van der Waals surface area contributed by atoms with Crippen LogP contribution in [0.25, 0.3) is 0 Å². The highest BCUT2D eigenvalue weighted by atomic mass is 15.2. The topological polar surface area (TPSA) is 78.9 Å². The first-order valence-corrected chi connectivity index (χ1v) is 3.87. The Morgan fingerprint density at radius 1 is 1.54 bits per heavy atom. The average molecular weight is 179 g/mol. The van der Waals surface area contributed by atoms with Crippen LogP contribution in [-0.4, -0.2) is 29.9 Å². The molecule has 0 saturated carbocycles. The third-order valence-electron chi connectivity index (χ3n) is 1.60. The molecule has 3 N–H and O–H groups in total. The van der Waals surface area contributed by atoms with Crippen molar-refractivity contribution in [1.82, 2.24) is 9.97 Å². The highest BCUT2D eigenvalue weighted by molar-refractivity contribution is 5.99. The predicted octanol–water partition coefficient (Wildman–Crippen LogP) is 0.135. The number of rotatable bonds is 2. The molecule has 0 aliphatic carbocycles. The lowest BCUT2D eigenvalue weighted by Gasteiger charge is -2.14. The maximum absolute atomic E-state index is 7.31. The van der Waals surface area contributed by atoms with Crippen molar-refractivity contribution in [2.45, 2.75) is 6.92 Å². The summed E-state index contributed by atoms with van der Waals surface area (Å²) in [6.07, 6.45) is 1.57. The Labute approximate surface area is 77.1 Å². The van der Waals surface area contributed by atoms with E-state index in [1.807, 2.05) is 19.0 Å². The molecule has 0 aliphatic heterocycles. The first kappa shape index (κ1) is 9.44. The van der Waals surface area contributed by atoms with Gasteiger partial charge in [0.2, 0.25) is 0 Å². The van der Waals surface area contributed by atoms with Crippen LogP contribution in [0.3, 0.4) is 0 Å². The van der Waals surface area contributed by atoms with E-state index >= 15 is 0 Å². The SMILES string of the molecule is Cc1ncc(C(=N)N)c(N(C)C)n1. The predicted molar refractivity (Wildman–Crippen MR) is 52.1 cm³/mol. The van der Waals surface area contributed by atoms with Crippen molar-refractivity contribution >= 4 is 11.7 Å². The van der Waals surface area contributed by atoms with Gasteiger partial charge in [-0.1, -0.05) is 0 Å². The van der Waals surface area contributed by atoms with Crippen molar-refractivity contribution < 1.29 is 0 Å². The highest BCUT2D eigenvalue weighted by Gasteiger charge is 2.09. The normalized spacial score (nSPS) is 9.77. The van der Waals surface area contributed by atoms with Gasteiger partial charge in [0.15, 0.2) is 0 Å². The number of nitrogens with two attached hydrogens (primary N) is 1. The van der Waals surface area contributed by atoms with Crippen molar-refractivity contribution in [3.05, 3.63) is 17.6 Å². The lowest BCUT2D eigenvalue weighted by molar-refractivity contribution is 0.981. The zero-order valence-corrected chi connectivity index (χ0v) is 8.00. The molecule has 0 fully saturated rings. The summed E-state index contributed by atoms with van der Waals surface area (Å²) in [4.78, 5) is 9.98. The zero-order valence-electron chi connectivity index (χ0n) is 8.00. The Morgan fingerprint density at radius 3 is 2.62 bits per heavy atom. The molecule has 0 aromatic carbocycles. The fraction of sp³-hybridized carbons (Fsp3) is 0.375. The highest BCUT2D eigenvalue weighted by Crippen LogP contribution is 2.13. The number of anilines is 1.